The average Bonchev–Trinajstić information content (AvgIpc) is 3.32. The van der Waals surface area contributed by atoms with Crippen molar-refractivity contribution in [2.75, 3.05) is 5.32 Å². The predicted octanol–water partition coefficient (Wildman–Crippen LogP) is 3.57. The quantitative estimate of drug-likeness (QED) is 0.808. The Kier molecular flexibility index (Phi) is 4.84. The number of nitrogens with one attached hydrogen (secondary N) is 1. The summed E-state index contributed by atoms with van der Waals surface area (Å²) in [6.07, 6.45) is 2.27. The van der Waals surface area contributed by atoms with E-state index in [4.69, 9.17) is 0 Å². The van der Waals surface area contributed by atoms with Crippen LogP contribution in [-0.4, -0.2) is 25.9 Å². The van der Waals surface area contributed by atoms with Crippen LogP contribution in [0.3, 0.4) is 0 Å². The zero-order chi connectivity index (χ0) is 17.3. The summed E-state index contributed by atoms with van der Waals surface area (Å²) < 4.78 is 28.2. The second-order valence-corrected chi connectivity index (χ2v) is 7.05. The number of amides is 1. The molecule has 1 N–H and O–H groups in total. The van der Waals surface area contributed by atoms with Gasteiger partial charge < -0.3 is 9.88 Å². The Balaban J connectivity index is 1.66. The van der Waals surface area contributed by atoms with E-state index in [-0.39, 0.29) is 11.6 Å². The first-order chi connectivity index (χ1) is 11.5. The molecule has 1 aliphatic carbocycles. The first kappa shape index (κ1) is 16.9. The fourth-order valence-corrected chi connectivity index (χ4v) is 3.28. The normalized spacial score (nSPS) is 15.3. The molecule has 1 aromatic carbocycles. The van der Waals surface area contributed by atoms with E-state index >= 15 is 0 Å². The van der Waals surface area contributed by atoms with Crippen molar-refractivity contribution in [3.63, 3.8) is 0 Å². The first-order valence-electron chi connectivity index (χ1n) is 7.85. The van der Waals surface area contributed by atoms with E-state index in [1.807, 2.05) is 11.5 Å². The number of halogens is 2. The maximum atomic E-state index is 13.2. The molecule has 1 unspecified atom stereocenters. The van der Waals surface area contributed by atoms with Gasteiger partial charge >= 0.3 is 0 Å². The number of carbonyl (C=O) groups excluding carboxylic acids is 1. The molecule has 24 heavy (non-hydrogen) atoms. The summed E-state index contributed by atoms with van der Waals surface area (Å²) in [4.78, 5) is 12.3. The van der Waals surface area contributed by atoms with Gasteiger partial charge in [-0.1, -0.05) is 11.8 Å². The fourth-order valence-electron chi connectivity index (χ4n) is 2.36. The lowest BCUT2D eigenvalue weighted by atomic mass is 10.3. The topological polar surface area (TPSA) is 59.8 Å². The number of hydrogen-bond donors (Lipinski definition) is 1. The Hall–Kier alpha value is -1.96. The van der Waals surface area contributed by atoms with Crippen LogP contribution in [0, 0.1) is 11.6 Å². The molecule has 5 nitrogen and oxygen atoms in total. The Morgan fingerprint density at radius 1 is 1.38 bits per heavy atom. The molecule has 1 atom stereocenters. The molecule has 1 fully saturated rings. The van der Waals surface area contributed by atoms with E-state index in [9.17, 15) is 13.6 Å². The Morgan fingerprint density at radius 2 is 2.12 bits per heavy atom. The van der Waals surface area contributed by atoms with Crippen LogP contribution in [0.15, 0.2) is 23.4 Å². The van der Waals surface area contributed by atoms with Crippen LogP contribution in [-0.2, 0) is 11.3 Å². The van der Waals surface area contributed by atoms with Gasteiger partial charge in [0.05, 0.1) is 5.25 Å². The summed E-state index contributed by atoms with van der Waals surface area (Å²) in [7, 11) is 0. The number of carbonyl (C=O) groups is 1. The third-order valence-electron chi connectivity index (χ3n) is 3.84. The van der Waals surface area contributed by atoms with Gasteiger partial charge in [-0.05, 0) is 38.8 Å². The third kappa shape index (κ3) is 3.58. The SMILES string of the molecule is CCn1c(SC(C)C(=O)Nc2ccc(F)c(F)c2)nnc1C1CC1. The van der Waals surface area contributed by atoms with Crippen molar-refractivity contribution in [1.82, 2.24) is 14.8 Å². The van der Waals surface area contributed by atoms with E-state index in [1.54, 1.807) is 6.92 Å². The lowest BCUT2D eigenvalue weighted by Crippen LogP contribution is -2.23. The first-order valence-corrected chi connectivity index (χ1v) is 8.73. The van der Waals surface area contributed by atoms with Crippen LogP contribution < -0.4 is 5.32 Å². The molecule has 1 heterocycles. The van der Waals surface area contributed by atoms with E-state index in [0.29, 0.717) is 11.1 Å². The molecule has 0 radical (unpaired) electrons. The lowest BCUT2D eigenvalue weighted by molar-refractivity contribution is -0.115. The van der Waals surface area contributed by atoms with Gasteiger partial charge in [-0.3, -0.25) is 4.79 Å². The van der Waals surface area contributed by atoms with Crippen molar-refractivity contribution in [1.29, 1.82) is 0 Å². The summed E-state index contributed by atoms with van der Waals surface area (Å²) in [5.74, 6) is -0.775. The number of rotatable bonds is 6. The molecule has 1 aromatic heterocycles. The van der Waals surface area contributed by atoms with Crippen LogP contribution in [0.4, 0.5) is 14.5 Å². The highest BCUT2D eigenvalue weighted by atomic mass is 32.2. The number of nitrogens with zero attached hydrogens (tertiary/aromatic N) is 3. The molecule has 0 spiro atoms. The number of aromatic nitrogens is 3. The van der Waals surface area contributed by atoms with E-state index < -0.39 is 16.9 Å². The van der Waals surface area contributed by atoms with E-state index in [2.05, 4.69) is 15.5 Å². The number of benzene rings is 1. The summed E-state index contributed by atoms with van der Waals surface area (Å²) >= 11 is 1.30. The highest BCUT2D eigenvalue weighted by Crippen LogP contribution is 2.40. The monoisotopic (exact) mass is 352 g/mol. The zero-order valence-electron chi connectivity index (χ0n) is 13.4. The molecule has 128 valence electrons. The molecular weight excluding hydrogens is 334 g/mol. The molecule has 0 bridgehead atoms. The Labute approximate surface area is 142 Å². The van der Waals surface area contributed by atoms with Gasteiger partial charge in [0.15, 0.2) is 16.8 Å². The van der Waals surface area contributed by atoms with Gasteiger partial charge in [0.25, 0.3) is 0 Å². The fraction of sp³-hybridized carbons (Fsp3) is 0.438. The number of thioether (sulfide) groups is 1. The zero-order valence-corrected chi connectivity index (χ0v) is 14.2. The van der Waals surface area contributed by atoms with Crippen molar-refractivity contribution < 1.29 is 13.6 Å². The van der Waals surface area contributed by atoms with Crippen molar-refractivity contribution in [3.8, 4) is 0 Å². The standard InChI is InChI=1S/C16H18F2N4OS/c1-3-22-14(10-4-5-10)20-21-16(22)24-9(2)15(23)19-11-6-7-12(17)13(18)8-11/h6-10H,3-5H2,1-2H3,(H,19,23). The van der Waals surface area contributed by atoms with Gasteiger partial charge in [-0.2, -0.15) is 0 Å². The maximum Gasteiger partial charge on any atom is 0.237 e. The average molecular weight is 352 g/mol. The van der Waals surface area contributed by atoms with Gasteiger partial charge in [-0.25, -0.2) is 8.78 Å². The van der Waals surface area contributed by atoms with Crippen LogP contribution in [0.5, 0.6) is 0 Å². The largest absolute Gasteiger partial charge is 0.325 e. The van der Waals surface area contributed by atoms with Crippen molar-refractivity contribution in [3.05, 3.63) is 35.7 Å². The van der Waals surface area contributed by atoms with Crippen molar-refractivity contribution in [2.45, 2.75) is 49.6 Å². The van der Waals surface area contributed by atoms with Crippen LogP contribution in [0.2, 0.25) is 0 Å². The molecule has 0 aliphatic heterocycles. The van der Waals surface area contributed by atoms with Gasteiger partial charge in [0, 0.05) is 24.2 Å². The van der Waals surface area contributed by atoms with Crippen LogP contribution >= 0.6 is 11.8 Å². The lowest BCUT2D eigenvalue weighted by Gasteiger charge is -2.13. The Morgan fingerprint density at radius 3 is 2.75 bits per heavy atom. The second kappa shape index (κ2) is 6.88. The molecule has 1 saturated carbocycles. The van der Waals surface area contributed by atoms with Crippen molar-refractivity contribution in [2.24, 2.45) is 0 Å². The molecule has 2 aromatic rings. The summed E-state index contributed by atoms with van der Waals surface area (Å²) in [6, 6.07) is 3.27. The highest BCUT2D eigenvalue weighted by molar-refractivity contribution is 8.00. The van der Waals surface area contributed by atoms with Gasteiger partial charge in [0.2, 0.25) is 5.91 Å². The smallest absolute Gasteiger partial charge is 0.237 e. The highest BCUT2D eigenvalue weighted by Gasteiger charge is 2.30. The van der Waals surface area contributed by atoms with Gasteiger partial charge in [-0.15, -0.1) is 10.2 Å². The van der Waals surface area contributed by atoms with Crippen molar-refractivity contribution >= 4 is 23.4 Å². The third-order valence-corrected chi connectivity index (χ3v) is 4.92. The summed E-state index contributed by atoms with van der Waals surface area (Å²) in [6.45, 7) is 4.51. The number of anilines is 1. The molecule has 1 amide bonds. The molecule has 1 aliphatic rings. The van der Waals surface area contributed by atoms with E-state index in [0.717, 1.165) is 37.3 Å². The maximum absolute atomic E-state index is 13.2. The Bertz CT molecular complexity index is 761. The predicted molar refractivity (Wildman–Crippen MR) is 88.0 cm³/mol. The number of hydrogen-bond acceptors (Lipinski definition) is 4. The second-order valence-electron chi connectivity index (χ2n) is 5.74. The minimum absolute atomic E-state index is 0.224. The van der Waals surface area contributed by atoms with Crippen LogP contribution in [0.1, 0.15) is 38.4 Å². The van der Waals surface area contributed by atoms with E-state index in [1.165, 1.54) is 17.8 Å². The minimum Gasteiger partial charge on any atom is -0.325 e. The molecular formula is C16H18F2N4OS. The molecule has 0 saturated heterocycles. The summed E-state index contributed by atoms with van der Waals surface area (Å²) in [5, 5.41) is 11.3. The van der Waals surface area contributed by atoms with Crippen LogP contribution in [0.25, 0.3) is 0 Å². The van der Waals surface area contributed by atoms with Gasteiger partial charge in [0.1, 0.15) is 5.82 Å². The molecule has 8 heteroatoms. The minimum atomic E-state index is -0.993. The summed E-state index contributed by atoms with van der Waals surface area (Å²) in [5.41, 5.74) is 0.224. The molecule has 3 rings (SSSR count).